The molecule has 0 bridgehead atoms. The van der Waals surface area contributed by atoms with Crippen LogP contribution in [0.25, 0.3) is 0 Å². The molecule has 2 rings (SSSR count). The highest BCUT2D eigenvalue weighted by Crippen LogP contribution is 2.35. The first kappa shape index (κ1) is 14.3. The number of halogens is 3. The van der Waals surface area contributed by atoms with Gasteiger partial charge in [0, 0.05) is 11.1 Å². The van der Waals surface area contributed by atoms with Crippen molar-refractivity contribution >= 4 is 23.2 Å². The fourth-order valence-electron chi connectivity index (χ4n) is 2.16. The summed E-state index contributed by atoms with van der Waals surface area (Å²) in [6.07, 6.45) is -1.13. The van der Waals surface area contributed by atoms with Gasteiger partial charge in [0.2, 0.25) is 0 Å². The van der Waals surface area contributed by atoms with Gasteiger partial charge in [0.15, 0.2) is 0 Å². The summed E-state index contributed by atoms with van der Waals surface area (Å²) in [5.41, 5.74) is 2.12. The number of aliphatic hydroxyl groups is 1. The lowest BCUT2D eigenvalue weighted by Gasteiger charge is -2.17. The fourth-order valence-corrected chi connectivity index (χ4v) is 2.57. The zero-order chi connectivity index (χ0) is 14.2. The molecule has 2 aromatic rings. The fraction of sp³-hybridized carbons (Fsp3) is 0.200. The van der Waals surface area contributed by atoms with E-state index in [1.807, 2.05) is 6.07 Å². The van der Waals surface area contributed by atoms with Gasteiger partial charge in [-0.2, -0.15) is 0 Å². The van der Waals surface area contributed by atoms with Crippen LogP contribution in [0.1, 0.15) is 28.4 Å². The lowest BCUT2D eigenvalue weighted by Crippen LogP contribution is -2.06. The summed E-state index contributed by atoms with van der Waals surface area (Å²) in [4.78, 5) is 0. The van der Waals surface area contributed by atoms with Crippen LogP contribution in [0.15, 0.2) is 30.3 Å². The summed E-state index contributed by atoms with van der Waals surface area (Å²) in [6.45, 7) is 3.56. The highest BCUT2D eigenvalue weighted by molar-refractivity contribution is 6.42. The first-order valence-electron chi connectivity index (χ1n) is 5.80. The molecule has 0 aliphatic carbocycles. The van der Waals surface area contributed by atoms with E-state index in [0.29, 0.717) is 16.1 Å². The molecule has 0 aromatic heterocycles. The topological polar surface area (TPSA) is 20.2 Å². The maximum Gasteiger partial charge on any atom is 0.129 e. The summed E-state index contributed by atoms with van der Waals surface area (Å²) < 4.78 is 14.0. The van der Waals surface area contributed by atoms with E-state index >= 15 is 0 Å². The molecule has 1 N–H and O–H groups in total. The number of hydrogen-bond acceptors (Lipinski definition) is 1. The van der Waals surface area contributed by atoms with Crippen LogP contribution >= 0.6 is 23.2 Å². The van der Waals surface area contributed by atoms with E-state index in [4.69, 9.17) is 23.2 Å². The molecule has 4 heteroatoms. The quantitative estimate of drug-likeness (QED) is 0.842. The van der Waals surface area contributed by atoms with E-state index in [1.165, 1.54) is 6.07 Å². The summed E-state index contributed by atoms with van der Waals surface area (Å²) in [5, 5.41) is 10.9. The van der Waals surface area contributed by atoms with Crippen molar-refractivity contribution in [1.82, 2.24) is 0 Å². The number of hydrogen-bond donors (Lipinski definition) is 1. The predicted molar refractivity (Wildman–Crippen MR) is 76.4 cm³/mol. The zero-order valence-electron chi connectivity index (χ0n) is 10.5. The Bertz CT molecular complexity index is 603. The minimum absolute atomic E-state index is 0.231. The number of rotatable bonds is 2. The Kier molecular flexibility index (Phi) is 4.14. The third-order valence-corrected chi connectivity index (χ3v) is 3.86. The third-order valence-electron chi connectivity index (χ3n) is 3.03. The van der Waals surface area contributed by atoms with Gasteiger partial charge in [0.05, 0.1) is 10.0 Å². The molecule has 0 amide bonds. The van der Waals surface area contributed by atoms with Gasteiger partial charge in [-0.15, -0.1) is 0 Å². The van der Waals surface area contributed by atoms with Crippen molar-refractivity contribution in [3.8, 4) is 0 Å². The number of aryl methyl sites for hydroxylation is 2. The molecule has 1 nitrogen and oxygen atoms in total. The van der Waals surface area contributed by atoms with Crippen LogP contribution in [0.5, 0.6) is 0 Å². The van der Waals surface area contributed by atoms with E-state index < -0.39 is 11.9 Å². The zero-order valence-corrected chi connectivity index (χ0v) is 12.1. The minimum Gasteiger partial charge on any atom is -0.383 e. The van der Waals surface area contributed by atoms with Gasteiger partial charge in [-0.1, -0.05) is 41.4 Å². The van der Waals surface area contributed by atoms with E-state index in [2.05, 4.69) is 0 Å². The summed E-state index contributed by atoms with van der Waals surface area (Å²) in [7, 11) is 0. The van der Waals surface area contributed by atoms with Crippen LogP contribution in [-0.2, 0) is 0 Å². The van der Waals surface area contributed by atoms with Gasteiger partial charge < -0.3 is 5.11 Å². The van der Waals surface area contributed by atoms with Crippen molar-refractivity contribution in [3.05, 3.63) is 68.4 Å². The molecule has 0 radical (unpaired) electrons. The second-order valence-electron chi connectivity index (χ2n) is 4.52. The second kappa shape index (κ2) is 5.49. The Labute approximate surface area is 121 Å². The highest BCUT2D eigenvalue weighted by atomic mass is 35.5. The molecule has 0 saturated carbocycles. The van der Waals surface area contributed by atoms with Gasteiger partial charge in [0.25, 0.3) is 0 Å². The van der Waals surface area contributed by atoms with Crippen LogP contribution < -0.4 is 0 Å². The van der Waals surface area contributed by atoms with E-state index in [1.54, 1.807) is 32.0 Å². The average Bonchev–Trinajstić information content (AvgIpc) is 2.31. The third kappa shape index (κ3) is 2.76. The molecule has 100 valence electrons. The average molecular weight is 299 g/mol. The van der Waals surface area contributed by atoms with Crippen LogP contribution in [-0.4, -0.2) is 5.11 Å². The molecule has 2 aromatic carbocycles. The molecular formula is C15H13Cl2FO. The monoisotopic (exact) mass is 298 g/mol. The molecular weight excluding hydrogens is 286 g/mol. The van der Waals surface area contributed by atoms with Crippen LogP contribution in [0, 0.1) is 19.7 Å². The SMILES string of the molecule is Cc1cc(C)c(C(O)c2cccc(Cl)c2Cl)c(F)c1. The van der Waals surface area contributed by atoms with Crippen molar-refractivity contribution in [1.29, 1.82) is 0 Å². The Morgan fingerprint density at radius 2 is 1.84 bits per heavy atom. The van der Waals surface area contributed by atoms with Gasteiger partial charge in [-0.3, -0.25) is 0 Å². The lowest BCUT2D eigenvalue weighted by molar-refractivity contribution is 0.214. The van der Waals surface area contributed by atoms with E-state index in [-0.39, 0.29) is 10.6 Å². The summed E-state index contributed by atoms with van der Waals surface area (Å²) in [6, 6.07) is 8.15. The second-order valence-corrected chi connectivity index (χ2v) is 5.31. The van der Waals surface area contributed by atoms with E-state index in [9.17, 15) is 9.50 Å². The smallest absolute Gasteiger partial charge is 0.129 e. The minimum atomic E-state index is -1.13. The van der Waals surface area contributed by atoms with Crippen molar-refractivity contribution in [2.75, 3.05) is 0 Å². The normalized spacial score (nSPS) is 12.5. The van der Waals surface area contributed by atoms with Crippen LogP contribution in [0.3, 0.4) is 0 Å². The Morgan fingerprint density at radius 3 is 2.47 bits per heavy atom. The summed E-state index contributed by atoms with van der Waals surface area (Å²) in [5.74, 6) is -0.443. The lowest BCUT2D eigenvalue weighted by atomic mass is 9.95. The highest BCUT2D eigenvalue weighted by Gasteiger charge is 2.21. The Morgan fingerprint density at radius 1 is 1.16 bits per heavy atom. The molecule has 19 heavy (non-hydrogen) atoms. The predicted octanol–water partition coefficient (Wildman–Crippen LogP) is 4.83. The van der Waals surface area contributed by atoms with Crippen LogP contribution in [0.4, 0.5) is 4.39 Å². The van der Waals surface area contributed by atoms with Crippen molar-refractivity contribution in [3.63, 3.8) is 0 Å². The standard InChI is InChI=1S/C15H13Cl2FO/c1-8-6-9(2)13(12(18)7-8)15(19)10-4-3-5-11(16)14(10)17/h3-7,15,19H,1-2H3. The molecule has 0 heterocycles. The molecule has 0 fully saturated rings. The summed E-state index contributed by atoms with van der Waals surface area (Å²) >= 11 is 12.0. The Balaban J connectivity index is 2.56. The van der Waals surface area contributed by atoms with Gasteiger partial charge in [-0.05, 0) is 37.1 Å². The van der Waals surface area contributed by atoms with Crippen LogP contribution in [0.2, 0.25) is 10.0 Å². The molecule has 0 aliphatic rings. The Hall–Kier alpha value is -1.09. The molecule has 1 atom stereocenters. The first-order valence-corrected chi connectivity index (χ1v) is 6.56. The number of benzene rings is 2. The van der Waals surface area contributed by atoms with Crippen molar-refractivity contribution < 1.29 is 9.50 Å². The molecule has 0 spiro atoms. The largest absolute Gasteiger partial charge is 0.383 e. The first-order chi connectivity index (χ1) is 8.91. The number of aliphatic hydroxyl groups excluding tert-OH is 1. The maximum absolute atomic E-state index is 14.0. The molecule has 0 aliphatic heterocycles. The van der Waals surface area contributed by atoms with Gasteiger partial charge in [-0.25, -0.2) is 4.39 Å². The van der Waals surface area contributed by atoms with Gasteiger partial charge in [0.1, 0.15) is 11.9 Å². The maximum atomic E-state index is 14.0. The van der Waals surface area contributed by atoms with Crippen molar-refractivity contribution in [2.45, 2.75) is 20.0 Å². The molecule has 0 saturated heterocycles. The van der Waals surface area contributed by atoms with E-state index in [0.717, 1.165) is 5.56 Å². The molecule has 1 unspecified atom stereocenters. The van der Waals surface area contributed by atoms with Crippen molar-refractivity contribution in [2.24, 2.45) is 0 Å². The van der Waals surface area contributed by atoms with Gasteiger partial charge >= 0.3 is 0 Å².